The summed E-state index contributed by atoms with van der Waals surface area (Å²) >= 11 is 0. The molecule has 3 aromatic carbocycles. The zero-order valence-corrected chi connectivity index (χ0v) is 24.4. The molecule has 45 heavy (non-hydrogen) atoms. The fourth-order valence-electron chi connectivity index (χ4n) is 5.44. The van der Waals surface area contributed by atoms with Crippen LogP contribution in [0.5, 0.6) is 11.8 Å². The summed E-state index contributed by atoms with van der Waals surface area (Å²) in [7, 11) is 0. The van der Waals surface area contributed by atoms with Gasteiger partial charge in [-0.25, -0.2) is 0 Å². The second-order valence-electron chi connectivity index (χ2n) is 11.2. The van der Waals surface area contributed by atoms with Gasteiger partial charge in [-0.2, -0.15) is 13.2 Å². The average Bonchev–Trinajstić information content (AvgIpc) is 3.48. The number of ether oxygens (including phenoxy) is 2. The first-order valence-electron chi connectivity index (χ1n) is 14.8. The molecule has 13 heteroatoms. The molecule has 2 aliphatic heterocycles. The monoisotopic (exact) mass is 622 g/mol. The molecule has 4 aromatic rings. The first kappa shape index (κ1) is 30.3. The number of aromatic nitrogens is 2. The molecule has 0 radical (unpaired) electrons. The molecule has 2 aliphatic rings. The van der Waals surface area contributed by atoms with E-state index in [2.05, 4.69) is 44.4 Å². The summed E-state index contributed by atoms with van der Waals surface area (Å²) in [5, 5.41) is 14.2. The molecule has 1 N–H and O–H groups in total. The van der Waals surface area contributed by atoms with Crippen molar-refractivity contribution < 1.29 is 27.6 Å². The van der Waals surface area contributed by atoms with E-state index in [9.17, 15) is 23.3 Å². The summed E-state index contributed by atoms with van der Waals surface area (Å²) < 4.78 is 51.7. The van der Waals surface area contributed by atoms with Gasteiger partial charge in [0.1, 0.15) is 24.7 Å². The molecule has 0 aliphatic carbocycles. The quantitative estimate of drug-likeness (QED) is 0.171. The summed E-state index contributed by atoms with van der Waals surface area (Å²) in [4.78, 5) is 19.1. The van der Waals surface area contributed by atoms with Crippen molar-refractivity contribution in [2.75, 3.05) is 43.0 Å². The highest BCUT2D eigenvalue weighted by atomic mass is 19.4. The SMILES string of the molecule is O=[N+]([O-])c1cn2c(n1)O[C@H](COc1ccc(N3CCN(Cc4ccc(NCc5ccc(C(F)(F)F)cc5)cc4)CC3)cc1)CC2. The predicted molar refractivity (Wildman–Crippen MR) is 163 cm³/mol. The van der Waals surface area contributed by atoms with Crippen LogP contribution in [0.25, 0.3) is 0 Å². The third-order valence-electron chi connectivity index (χ3n) is 8.03. The normalized spacial score (nSPS) is 17.0. The van der Waals surface area contributed by atoms with E-state index in [-0.39, 0.29) is 17.9 Å². The summed E-state index contributed by atoms with van der Waals surface area (Å²) in [6.07, 6.45) is -2.49. The highest BCUT2D eigenvalue weighted by Gasteiger charge is 2.30. The van der Waals surface area contributed by atoms with Crippen molar-refractivity contribution in [3.8, 4) is 11.8 Å². The van der Waals surface area contributed by atoms with Gasteiger partial charge in [-0.05, 0) is 64.6 Å². The number of hydrogen-bond acceptors (Lipinski definition) is 8. The number of halogens is 3. The molecule has 10 nitrogen and oxygen atoms in total. The van der Waals surface area contributed by atoms with Gasteiger partial charge in [0.2, 0.25) is 0 Å². The van der Waals surface area contributed by atoms with Gasteiger partial charge in [-0.3, -0.25) is 9.47 Å². The number of imidazole rings is 1. The van der Waals surface area contributed by atoms with Crippen LogP contribution in [-0.2, 0) is 25.8 Å². The Morgan fingerprint density at radius 3 is 2.29 bits per heavy atom. The highest BCUT2D eigenvalue weighted by Crippen LogP contribution is 2.29. The van der Waals surface area contributed by atoms with Crippen molar-refractivity contribution in [1.29, 1.82) is 0 Å². The molecule has 0 bridgehead atoms. The number of fused-ring (bicyclic) bond motifs is 1. The third-order valence-corrected chi connectivity index (χ3v) is 8.03. The van der Waals surface area contributed by atoms with Crippen LogP contribution in [0.3, 0.4) is 0 Å². The molecular weight excluding hydrogens is 589 g/mol. The minimum Gasteiger partial charge on any atom is -0.490 e. The zero-order chi connectivity index (χ0) is 31.4. The van der Waals surface area contributed by atoms with Gasteiger partial charge < -0.3 is 29.8 Å². The van der Waals surface area contributed by atoms with Crippen LogP contribution in [0.2, 0.25) is 0 Å². The molecule has 6 rings (SSSR count). The summed E-state index contributed by atoms with van der Waals surface area (Å²) in [6.45, 7) is 5.88. The van der Waals surface area contributed by atoms with E-state index in [1.54, 1.807) is 4.57 Å². The molecule has 3 heterocycles. The molecule has 0 unspecified atom stereocenters. The lowest BCUT2D eigenvalue weighted by atomic mass is 10.1. The number of aryl methyl sites for hydroxylation is 1. The highest BCUT2D eigenvalue weighted by molar-refractivity contribution is 5.49. The topological polar surface area (TPSA) is 97.9 Å². The van der Waals surface area contributed by atoms with Crippen LogP contribution in [0.1, 0.15) is 23.1 Å². The van der Waals surface area contributed by atoms with E-state index in [1.165, 1.54) is 23.9 Å². The van der Waals surface area contributed by atoms with Crippen LogP contribution in [-0.4, -0.2) is 58.3 Å². The average molecular weight is 623 g/mol. The Morgan fingerprint density at radius 1 is 0.933 bits per heavy atom. The molecule has 0 amide bonds. The second-order valence-corrected chi connectivity index (χ2v) is 11.2. The second kappa shape index (κ2) is 13.1. The van der Waals surface area contributed by atoms with E-state index in [0.29, 0.717) is 26.1 Å². The third kappa shape index (κ3) is 7.66. The largest absolute Gasteiger partial charge is 0.490 e. The molecular formula is C32H33F3N6O4. The summed E-state index contributed by atoms with van der Waals surface area (Å²) in [5.41, 5.74) is 3.39. The summed E-state index contributed by atoms with van der Waals surface area (Å²) in [6, 6.07) is 21.6. The van der Waals surface area contributed by atoms with E-state index >= 15 is 0 Å². The number of anilines is 2. The Hall–Kier alpha value is -4.78. The van der Waals surface area contributed by atoms with Gasteiger partial charge in [-0.15, -0.1) is 0 Å². The molecule has 0 saturated carbocycles. The van der Waals surface area contributed by atoms with Crippen molar-refractivity contribution in [1.82, 2.24) is 14.5 Å². The lowest BCUT2D eigenvalue weighted by Crippen LogP contribution is -2.45. The Labute approximate surface area is 258 Å². The van der Waals surface area contributed by atoms with E-state index in [0.717, 1.165) is 67.5 Å². The number of hydrogen-bond donors (Lipinski definition) is 1. The van der Waals surface area contributed by atoms with Crippen molar-refractivity contribution >= 4 is 17.2 Å². The Balaban J connectivity index is 0.914. The summed E-state index contributed by atoms with van der Waals surface area (Å²) in [5.74, 6) is 0.516. The van der Waals surface area contributed by atoms with Gasteiger partial charge in [0, 0.05) is 68.6 Å². The number of alkyl halides is 3. The smallest absolute Gasteiger partial charge is 0.416 e. The molecule has 1 aromatic heterocycles. The molecule has 1 atom stereocenters. The van der Waals surface area contributed by atoms with Crippen molar-refractivity contribution in [2.45, 2.75) is 38.3 Å². The van der Waals surface area contributed by atoms with Crippen molar-refractivity contribution in [3.05, 3.63) is 106 Å². The molecule has 1 saturated heterocycles. The number of nitrogens with one attached hydrogen (secondary N) is 1. The standard InChI is InChI=1S/C32H33F3N6O4/c33-32(34,35)25-5-1-23(2-6-25)19-36-26-7-3-24(4-8-26)20-38-15-17-39(18-16-38)27-9-11-28(12-10-27)44-22-29-13-14-40-21-30(41(42)43)37-31(40)45-29/h1-12,21,29,36H,13-20,22H2/t29-/m0/s1. The lowest BCUT2D eigenvalue weighted by Gasteiger charge is -2.36. The molecule has 1 fully saturated rings. The Kier molecular flexibility index (Phi) is 8.78. The fourth-order valence-corrected chi connectivity index (χ4v) is 5.44. The maximum absolute atomic E-state index is 12.8. The lowest BCUT2D eigenvalue weighted by molar-refractivity contribution is -0.389. The number of piperazine rings is 1. The fraction of sp³-hybridized carbons (Fsp3) is 0.344. The number of benzene rings is 3. The maximum atomic E-state index is 12.8. The number of nitrogens with zero attached hydrogens (tertiary/aromatic N) is 5. The van der Waals surface area contributed by atoms with Gasteiger partial charge in [0.25, 0.3) is 0 Å². The number of rotatable bonds is 10. The van der Waals surface area contributed by atoms with Gasteiger partial charge in [0.05, 0.1) is 5.56 Å². The van der Waals surface area contributed by atoms with Gasteiger partial charge in [-0.1, -0.05) is 24.3 Å². The van der Waals surface area contributed by atoms with Crippen LogP contribution in [0.15, 0.2) is 79.0 Å². The van der Waals surface area contributed by atoms with Crippen LogP contribution in [0, 0.1) is 10.1 Å². The molecule has 236 valence electrons. The van der Waals surface area contributed by atoms with Crippen molar-refractivity contribution in [3.63, 3.8) is 0 Å². The first-order chi connectivity index (χ1) is 21.7. The Morgan fingerprint density at radius 2 is 1.62 bits per heavy atom. The Bertz CT molecular complexity index is 1590. The van der Waals surface area contributed by atoms with E-state index < -0.39 is 16.7 Å². The predicted octanol–water partition coefficient (Wildman–Crippen LogP) is 5.97. The molecule has 0 spiro atoms. The zero-order valence-electron chi connectivity index (χ0n) is 24.4. The first-order valence-corrected chi connectivity index (χ1v) is 14.8. The minimum atomic E-state index is -4.33. The maximum Gasteiger partial charge on any atom is 0.416 e. The van der Waals surface area contributed by atoms with E-state index in [1.807, 2.05) is 24.3 Å². The van der Waals surface area contributed by atoms with Gasteiger partial charge in [0.15, 0.2) is 0 Å². The van der Waals surface area contributed by atoms with Crippen LogP contribution >= 0.6 is 0 Å². The van der Waals surface area contributed by atoms with Crippen LogP contribution in [0.4, 0.5) is 30.4 Å². The van der Waals surface area contributed by atoms with E-state index in [4.69, 9.17) is 9.47 Å². The minimum absolute atomic E-state index is 0.218. The van der Waals surface area contributed by atoms with Gasteiger partial charge >= 0.3 is 18.0 Å². The van der Waals surface area contributed by atoms with Crippen molar-refractivity contribution in [2.24, 2.45) is 0 Å². The number of nitro groups is 1. The van der Waals surface area contributed by atoms with Crippen LogP contribution < -0.4 is 19.7 Å².